The van der Waals surface area contributed by atoms with Gasteiger partial charge in [0.15, 0.2) is 5.96 Å². The average Bonchev–Trinajstić information content (AvgIpc) is 3.12. The summed E-state index contributed by atoms with van der Waals surface area (Å²) in [5.74, 6) is 1.75. The number of nitrogens with zero attached hydrogens (tertiary/aromatic N) is 2. The van der Waals surface area contributed by atoms with E-state index in [-0.39, 0.29) is 5.54 Å². The Bertz CT molecular complexity index is 372. The number of nitrogens with one attached hydrogen (secondary N) is 2. The first-order valence-electron chi connectivity index (χ1n) is 10.0. The van der Waals surface area contributed by atoms with Crippen molar-refractivity contribution < 1.29 is 4.74 Å². The zero-order chi connectivity index (χ0) is 17.3. The van der Waals surface area contributed by atoms with Gasteiger partial charge in [-0.3, -0.25) is 9.89 Å². The van der Waals surface area contributed by atoms with Gasteiger partial charge >= 0.3 is 0 Å². The number of hydrogen-bond donors (Lipinski definition) is 2. The topological polar surface area (TPSA) is 48.9 Å². The average molecular weight is 339 g/mol. The van der Waals surface area contributed by atoms with Crippen molar-refractivity contribution >= 4 is 5.96 Å². The summed E-state index contributed by atoms with van der Waals surface area (Å²) >= 11 is 0. The number of ether oxygens (including phenoxy) is 1. The first-order chi connectivity index (χ1) is 11.7. The van der Waals surface area contributed by atoms with Crippen molar-refractivity contribution in [1.82, 2.24) is 15.5 Å². The Kier molecular flexibility index (Phi) is 8.33. The third-order valence-electron chi connectivity index (χ3n) is 5.33. The number of rotatable bonds is 8. The molecule has 2 aliphatic heterocycles. The van der Waals surface area contributed by atoms with E-state index >= 15 is 0 Å². The molecule has 0 saturated carbocycles. The van der Waals surface area contributed by atoms with Crippen LogP contribution in [0.1, 0.15) is 59.3 Å². The van der Waals surface area contributed by atoms with Gasteiger partial charge in [0.1, 0.15) is 0 Å². The van der Waals surface area contributed by atoms with Crippen LogP contribution in [0.3, 0.4) is 0 Å². The van der Waals surface area contributed by atoms with Crippen molar-refractivity contribution in [3.63, 3.8) is 0 Å². The predicted octanol–water partition coefficient (Wildman–Crippen LogP) is 2.62. The van der Waals surface area contributed by atoms with Gasteiger partial charge in [-0.05, 0) is 64.5 Å². The number of likely N-dealkylation sites (tertiary alicyclic amines) is 1. The highest BCUT2D eigenvalue weighted by Crippen LogP contribution is 2.31. The maximum atomic E-state index is 5.63. The van der Waals surface area contributed by atoms with E-state index in [1.165, 1.54) is 38.8 Å². The van der Waals surface area contributed by atoms with Gasteiger partial charge in [-0.2, -0.15) is 0 Å². The molecule has 0 atom stereocenters. The van der Waals surface area contributed by atoms with Crippen LogP contribution in [0, 0.1) is 5.92 Å². The van der Waals surface area contributed by atoms with E-state index in [1.54, 1.807) is 0 Å². The molecular formula is C19H38N4O. The summed E-state index contributed by atoms with van der Waals surface area (Å²) in [4.78, 5) is 7.65. The van der Waals surface area contributed by atoms with Crippen molar-refractivity contribution in [2.24, 2.45) is 10.9 Å². The zero-order valence-corrected chi connectivity index (χ0v) is 16.1. The predicted molar refractivity (Wildman–Crippen MR) is 102 cm³/mol. The number of hydrogen-bond acceptors (Lipinski definition) is 3. The molecule has 2 N–H and O–H groups in total. The summed E-state index contributed by atoms with van der Waals surface area (Å²) < 4.78 is 5.63. The van der Waals surface area contributed by atoms with Crippen LogP contribution >= 0.6 is 0 Å². The van der Waals surface area contributed by atoms with Gasteiger partial charge in [0.25, 0.3) is 0 Å². The number of aliphatic imine (C=N–C) groups is 1. The van der Waals surface area contributed by atoms with E-state index in [0.29, 0.717) is 0 Å². The van der Waals surface area contributed by atoms with Crippen LogP contribution in [0.25, 0.3) is 0 Å². The highest BCUT2D eigenvalue weighted by molar-refractivity contribution is 5.79. The molecule has 5 heteroatoms. The third kappa shape index (κ3) is 5.92. The Labute approximate surface area is 148 Å². The largest absolute Gasteiger partial charge is 0.381 e. The number of guanidine groups is 1. The Morgan fingerprint density at radius 2 is 1.88 bits per heavy atom. The molecule has 0 aromatic carbocycles. The van der Waals surface area contributed by atoms with Crippen molar-refractivity contribution in [3.8, 4) is 0 Å². The second kappa shape index (κ2) is 10.2. The van der Waals surface area contributed by atoms with Crippen LogP contribution in [0.4, 0.5) is 0 Å². The standard InChI is InChI=1S/C19H38N4O/c1-4-20-18(21-11-7-8-17(2)3)22-16-19(9-14-24-15-10-19)23-12-5-6-13-23/h17H,4-16H2,1-3H3,(H2,20,21,22). The summed E-state index contributed by atoms with van der Waals surface area (Å²) in [5, 5.41) is 6.92. The molecule has 0 bridgehead atoms. The van der Waals surface area contributed by atoms with Gasteiger partial charge < -0.3 is 15.4 Å². The van der Waals surface area contributed by atoms with E-state index in [4.69, 9.17) is 9.73 Å². The summed E-state index contributed by atoms with van der Waals surface area (Å²) in [6.07, 6.45) is 7.36. The normalized spacial score (nSPS) is 22.1. The molecule has 2 aliphatic rings. The molecule has 5 nitrogen and oxygen atoms in total. The van der Waals surface area contributed by atoms with Crippen LogP contribution in [0.15, 0.2) is 4.99 Å². The molecule has 24 heavy (non-hydrogen) atoms. The Hall–Kier alpha value is -0.810. The lowest BCUT2D eigenvalue weighted by atomic mass is 9.88. The van der Waals surface area contributed by atoms with Crippen LogP contribution in [0.5, 0.6) is 0 Å². The third-order valence-corrected chi connectivity index (χ3v) is 5.33. The molecular weight excluding hydrogens is 300 g/mol. The van der Waals surface area contributed by atoms with Crippen molar-refractivity contribution in [3.05, 3.63) is 0 Å². The zero-order valence-electron chi connectivity index (χ0n) is 16.1. The quantitative estimate of drug-likeness (QED) is 0.406. The molecule has 0 aromatic heterocycles. The maximum Gasteiger partial charge on any atom is 0.191 e. The lowest BCUT2D eigenvalue weighted by molar-refractivity contribution is -0.0139. The van der Waals surface area contributed by atoms with Crippen molar-refractivity contribution in [2.75, 3.05) is 45.9 Å². The lowest BCUT2D eigenvalue weighted by Crippen LogP contribution is -2.54. The van der Waals surface area contributed by atoms with Crippen LogP contribution in [-0.2, 0) is 4.74 Å². The van der Waals surface area contributed by atoms with Gasteiger partial charge in [0.2, 0.25) is 0 Å². The molecule has 0 aliphatic carbocycles. The SMILES string of the molecule is CCNC(=NCC1(N2CCCC2)CCOCC1)NCCCC(C)C. The minimum atomic E-state index is 0.217. The molecule has 140 valence electrons. The fraction of sp³-hybridized carbons (Fsp3) is 0.947. The molecule has 2 heterocycles. The van der Waals surface area contributed by atoms with Crippen LogP contribution < -0.4 is 10.6 Å². The van der Waals surface area contributed by atoms with Crippen molar-refractivity contribution in [1.29, 1.82) is 0 Å². The summed E-state index contributed by atoms with van der Waals surface area (Å²) in [6.45, 7) is 13.7. The lowest BCUT2D eigenvalue weighted by Gasteiger charge is -2.43. The molecule has 2 saturated heterocycles. The van der Waals surface area contributed by atoms with Crippen molar-refractivity contribution in [2.45, 2.75) is 64.8 Å². The van der Waals surface area contributed by atoms with Crippen LogP contribution in [0.2, 0.25) is 0 Å². The van der Waals surface area contributed by atoms with Gasteiger partial charge in [-0.25, -0.2) is 0 Å². The fourth-order valence-corrected chi connectivity index (χ4v) is 3.80. The Balaban J connectivity index is 1.92. The molecule has 2 fully saturated rings. The molecule has 0 spiro atoms. The second-order valence-corrected chi connectivity index (χ2v) is 7.69. The fourth-order valence-electron chi connectivity index (χ4n) is 3.80. The second-order valence-electron chi connectivity index (χ2n) is 7.69. The van der Waals surface area contributed by atoms with Gasteiger partial charge in [-0.15, -0.1) is 0 Å². The van der Waals surface area contributed by atoms with Gasteiger partial charge in [0, 0.05) is 31.8 Å². The first-order valence-corrected chi connectivity index (χ1v) is 10.0. The minimum absolute atomic E-state index is 0.217. The highest BCUT2D eigenvalue weighted by atomic mass is 16.5. The van der Waals surface area contributed by atoms with Crippen LogP contribution in [-0.4, -0.2) is 62.3 Å². The molecule has 0 amide bonds. The van der Waals surface area contributed by atoms with Gasteiger partial charge in [0.05, 0.1) is 6.54 Å². The summed E-state index contributed by atoms with van der Waals surface area (Å²) in [7, 11) is 0. The highest BCUT2D eigenvalue weighted by Gasteiger charge is 2.39. The van der Waals surface area contributed by atoms with E-state index < -0.39 is 0 Å². The van der Waals surface area contributed by atoms with Gasteiger partial charge in [-0.1, -0.05) is 13.8 Å². The minimum Gasteiger partial charge on any atom is -0.381 e. The summed E-state index contributed by atoms with van der Waals surface area (Å²) in [6, 6.07) is 0. The van der Waals surface area contributed by atoms with E-state index in [0.717, 1.165) is 57.6 Å². The molecule has 2 rings (SSSR count). The van der Waals surface area contributed by atoms with E-state index in [9.17, 15) is 0 Å². The smallest absolute Gasteiger partial charge is 0.191 e. The van der Waals surface area contributed by atoms with E-state index in [1.807, 2.05) is 0 Å². The maximum absolute atomic E-state index is 5.63. The molecule has 0 aromatic rings. The molecule has 0 radical (unpaired) electrons. The van der Waals surface area contributed by atoms with E-state index in [2.05, 4.69) is 36.3 Å². The monoisotopic (exact) mass is 338 g/mol. The first kappa shape index (κ1) is 19.5. The summed E-state index contributed by atoms with van der Waals surface area (Å²) in [5.41, 5.74) is 0.217. The Morgan fingerprint density at radius 3 is 2.50 bits per heavy atom. The molecule has 0 unspecified atom stereocenters. The Morgan fingerprint density at radius 1 is 1.17 bits per heavy atom.